The molecule has 136 valence electrons. The Hall–Kier alpha value is -2.56. The Morgan fingerprint density at radius 3 is 2.38 bits per heavy atom. The van der Waals surface area contributed by atoms with E-state index in [9.17, 15) is 0 Å². The number of ether oxygens (including phenoxy) is 1. The van der Waals surface area contributed by atoms with E-state index in [-0.39, 0.29) is 0 Å². The van der Waals surface area contributed by atoms with Gasteiger partial charge in [-0.3, -0.25) is 0 Å². The summed E-state index contributed by atoms with van der Waals surface area (Å²) in [6.45, 7) is 6.57. The first-order chi connectivity index (χ1) is 12.7. The number of hydrogen-bond acceptors (Lipinski definition) is 4. The molecule has 5 heteroatoms. The Bertz CT molecular complexity index is 892. The Balaban J connectivity index is 1.88. The summed E-state index contributed by atoms with van der Waals surface area (Å²) in [5.74, 6) is 1.94. The zero-order valence-corrected chi connectivity index (χ0v) is 15.8. The topological polar surface area (TPSA) is 43.2 Å². The van der Waals surface area contributed by atoms with Crippen LogP contribution in [0.5, 0.6) is 5.75 Å². The number of anilines is 1. The average Bonchev–Trinajstić information content (AvgIpc) is 3.08. The number of aromatic nitrogens is 3. The molecular weight excluding hydrogens is 324 g/mol. The van der Waals surface area contributed by atoms with Crippen LogP contribution >= 0.6 is 0 Å². The van der Waals surface area contributed by atoms with Crippen molar-refractivity contribution in [3.8, 4) is 17.0 Å². The molecule has 0 spiro atoms. The third-order valence-corrected chi connectivity index (χ3v) is 5.17. The van der Waals surface area contributed by atoms with Crippen LogP contribution in [0, 0.1) is 0 Å². The van der Waals surface area contributed by atoms with Gasteiger partial charge in [0.2, 0.25) is 0 Å². The Morgan fingerprint density at radius 2 is 1.73 bits per heavy atom. The molecule has 0 unspecified atom stereocenters. The van der Waals surface area contributed by atoms with E-state index in [0.717, 1.165) is 35.7 Å². The molecule has 4 rings (SSSR count). The first kappa shape index (κ1) is 16.9. The molecule has 5 nitrogen and oxygen atoms in total. The molecule has 0 amide bonds. The lowest BCUT2D eigenvalue weighted by atomic mass is 10.1. The van der Waals surface area contributed by atoms with Crippen molar-refractivity contribution in [1.29, 1.82) is 0 Å². The van der Waals surface area contributed by atoms with Gasteiger partial charge in [-0.25, -0.2) is 9.97 Å². The maximum atomic E-state index is 5.30. The number of benzene rings is 1. The van der Waals surface area contributed by atoms with Crippen LogP contribution in [-0.2, 0) is 0 Å². The lowest BCUT2D eigenvalue weighted by Crippen LogP contribution is -2.30. The molecule has 0 radical (unpaired) electrons. The van der Waals surface area contributed by atoms with Crippen LogP contribution in [0.1, 0.15) is 39.2 Å². The minimum absolute atomic E-state index is 0.314. The lowest BCUT2D eigenvalue weighted by Gasteiger charge is -2.28. The number of fused-ring (bicyclic) bond motifs is 1. The van der Waals surface area contributed by atoms with Gasteiger partial charge in [-0.2, -0.15) is 0 Å². The van der Waals surface area contributed by atoms with Gasteiger partial charge in [-0.15, -0.1) is 0 Å². The van der Waals surface area contributed by atoms with Crippen molar-refractivity contribution in [1.82, 2.24) is 14.5 Å². The van der Waals surface area contributed by atoms with Crippen molar-refractivity contribution in [2.75, 3.05) is 25.1 Å². The molecule has 1 saturated heterocycles. The predicted octanol–water partition coefficient (Wildman–Crippen LogP) is 4.68. The zero-order chi connectivity index (χ0) is 18.1. The molecule has 2 aromatic heterocycles. The van der Waals surface area contributed by atoms with Crippen molar-refractivity contribution in [3.63, 3.8) is 0 Å². The van der Waals surface area contributed by atoms with Crippen molar-refractivity contribution in [2.45, 2.75) is 39.2 Å². The summed E-state index contributed by atoms with van der Waals surface area (Å²) in [6, 6.07) is 10.8. The van der Waals surface area contributed by atoms with Gasteiger partial charge in [0.15, 0.2) is 0 Å². The smallest absolute Gasteiger partial charge is 0.146 e. The van der Waals surface area contributed by atoms with Gasteiger partial charge >= 0.3 is 0 Å². The van der Waals surface area contributed by atoms with Crippen LogP contribution in [0.3, 0.4) is 0 Å². The lowest BCUT2D eigenvalue weighted by molar-refractivity contribution is 0.415. The van der Waals surface area contributed by atoms with Gasteiger partial charge in [-0.1, -0.05) is 0 Å². The molecule has 1 aromatic carbocycles. The van der Waals surface area contributed by atoms with Crippen LogP contribution in [0.15, 0.2) is 36.7 Å². The molecule has 0 saturated carbocycles. The second-order valence-electron chi connectivity index (χ2n) is 7.20. The highest BCUT2D eigenvalue weighted by atomic mass is 16.5. The number of nitrogens with zero attached hydrogens (tertiary/aromatic N) is 4. The van der Waals surface area contributed by atoms with Crippen LogP contribution in [-0.4, -0.2) is 34.7 Å². The first-order valence-corrected chi connectivity index (χ1v) is 9.44. The molecule has 0 N–H and O–H groups in total. The van der Waals surface area contributed by atoms with E-state index < -0.39 is 0 Å². The highest BCUT2D eigenvalue weighted by molar-refractivity contribution is 5.93. The number of methoxy groups -OCH3 is 1. The summed E-state index contributed by atoms with van der Waals surface area (Å²) in [4.78, 5) is 11.7. The Kier molecular flexibility index (Phi) is 4.53. The fourth-order valence-corrected chi connectivity index (χ4v) is 3.88. The Labute approximate surface area is 154 Å². The van der Waals surface area contributed by atoms with E-state index in [0.29, 0.717) is 6.04 Å². The average molecular weight is 350 g/mol. The molecule has 3 heterocycles. The summed E-state index contributed by atoms with van der Waals surface area (Å²) >= 11 is 0. The van der Waals surface area contributed by atoms with Gasteiger partial charge in [0.25, 0.3) is 0 Å². The second-order valence-corrected chi connectivity index (χ2v) is 7.20. The monoisotopic (exact) mass is 350 g/mol. The fourth-order valence-electron chi connectivity index (χ4n) is 3.88. The quantitative estimate of drug-likeness (QED) is 0.685. The van der Waals surface area contributed by atoms with E-state index in [1.54, 1.807) is 13.4 Å². The largest absolute Gasteiger partial charge is 0.497 e. The molecule has 3 aromatic rings. The SMILES string of the molecule is COc1ccc(-c2cc3c(N4CCCCC4)ncnc3n2C(C)C)cc1. The number of rotatable bonds is 4. The molecule has 0 aliphatic carbocycles. The third kappa shape index (κ3) is 2.91. The molecule has 26 heavy (non-hydrogen) atoms. The highest BCUT2D eigenvalue weighted by Gasteiger charge is 2.21. The van der Waals surface area contributed by atoms with E-state index in [2.05, 4.69) is 51.5 Å². The highest BCUT2D eigenvalue weighted by Crippen LogP contribution is 2.35. The number of hydrogen-bond donors (Lipinski definition) is 0. The van der Waals surface area contributed by atoms with Crippen molar-refractivity contribution < 1.29 is 4.74 Å². The summed E-state index contributed by atoms with van der Waals surface area (Å²) in [7, 11) is 1.70. The van der Waals surface area contributed by atoms with Gasteiger partial charge < -0.3 is 14.2 Å². The maximum Gasteiger partial charge on any atom is 0.146 e. The summed E-state index contributed by atoms with van der Waals surface area (Å²) in [5.41, 5.74) is 3.36. The summed E-state index contributed by atoms with van der Waals surface area (Å²) in [6.07, 6.45) is 5.50. The van der Waals surface area contributed by atoms with Crippen LogP contribution in [0.2, 0.25) is 0 Å². The molecule has 0 bridgehead atoms. The fraction of sp³-hybridized carbons (Fsp3) is 0.429. The van der Waals surface area contributed by atoms with Gasteiger partial charge in [0.05, 0.1) is 18.2 Å². The van der Waals surface area contributed by atoms with Crippen LogP contribution in [0.4, 0.5) is 5.82 Å². The minimum atomic E-state index is 0.314. The predicted molar refractivity (Wildman–Crippen MR) is 106 cm³/mol. The zero-order valence-electron chi connectivity index (χ0n) is 15.8. The van der Waals surface area contributed by atoms with Gasteiger partial charge in [0, 0.05) is 19.1 Å². The van der Waals surface area contributed by atoms with Crippen molar-refractivity contribution >= 4 is 16.9 Å². The van der Waals surface area contributed by atoms with E-state index in [1.165, 1.54) is 30.5 Å². The molecule has 1 aliphatic heterocycles. The first-order valence-electron chi connectivity index (χ1n) is 9.44. The van der Waals surface area contributed by atoms with Gasteiger partial charge in [-0.05, 0) is 69.0 Å². The van der Waals surface area contributed by atoms with Crippen molar-refractivity contribution in [3.05, 3.63) is 36.7 Å². The normalized spacial score (nSPS) is 15.0. The summed E-state index contributed by atoms with van der Waals surface area (Å²) < 4.78 is 7.62. The standard InChI is InChI=1S/C21H26N4O/c1-15(2)25-19(16-7-9-17(26-3)10-8-16)13-18-20(22-14-23-21(18)25)24-11-5-4-6-12-24/h7-10,13-15H,4-6,11-12H2,1-3H3. The molecule has 1 aliphatic rings. The number of piperidine rings is 1. The third-order valence-electron chi connectivity index (χ3n) is 5.17. The Morgan fingerprint density at radius 1 is 1.00 bits per heavy atom. The van der Waals surface area contributed by atoms with E-state index in [1.807, 2.05) is 12.1 Å². The van der Waals surface area contributed by atoms with Crippen LogP contribution in [0.25, 0.3) is 22.3 Å². The van der Waals surface area contributed by atoms with E-state index in [4.69, 9.17) is 4.74 Å². The maximum absolute atomic E-state index is 5.30. The minimum Gasteiger partial charge on any atom is -0.497 e. The van der Waals surface area contributed by atoms with Crippen LogP contribution < -0.4 is 9.64 Å². The van der Waals surface area contributed by atoms with Crippen molar-refractivity contribution in [2.24, 2.45) is 0 Å². The van der Waals surface area contributed by atoms with Gasteiger partial charge in [0.1, 0.15) is 23.5 Å². The van der Waals surface area contributed by atoms with E-state index >= 15 is 0 Å². The summed E-state index contributed by atoms with van der Waals surface area (Å²) in [5, 5.41) is 1.15. The molecular formula is C21H26N4O. The molecule has 1 fully saturated rings. The second kappa shape index (κ2) is 6.98. The molecule has 0 atom stereocenters.